The lowest BCUT2D eigenvalue weighted by Gasteiger charge is -2.32. The quantitative estimate of drug-likeness (QED) is 0.546. The summed E-state index contributed by atoms with van der Waals surface area (Å²) >= 11 is 6.29. The van der Waals surface area contributed by atoms with Crippen LogP contribution in [0.3, 0.4) is 0 Å². The van der Waals surface area contributed by atoms with Gasteiger partial charge in [-0.25, -0.2) is 8.42 Å². The number of methoxy groups -OCH3 is 1. The Hall–Kier alpha value is -2.78. The number of amides is 2. The highest BCUT2D eigenvalue weighted by atomic mass is 35.5. The summed E-state index contributed by atoms with van der Waals surface area (Å²) < 4.78 is 31.5. The Labute approximate surface area is 200 Å². The molecule has 2 rings (SSSR count). The predicted octanol–water partition coefficient (Wildman–Crippen LogP) is 3.06. The van der Waals surface area contributed by atoms with Gasteiger partial charge in [-0.1, -0.05) is 41.9 Å². The maximum Gasteiger partial charge on any atom is 0.244 e. The number of hydrogen-bond donors (Lipinski definition) is 1. The molecule has 2 aromatic carbocycles. The van der Waals surface area contributed by atoms with Crippen molar-refractivity contribution in [3.8, 4) is 5.75 Å². The van der Waals surface area contributed by atoms with Crippen LogP contribution in [-0.2, 0) is 26.2 Å². The molecule has 0 heterocycles. The minimum absolute atomic E-state index is 0.0364. The van der Waals surface area contributed by atoms with Crippen molar-refractivity contribution in [2.75, 3.05) is 24.2 Å². The Kier molecular flexibility index (Phi) is 9.13. The van der Waals surface area contributed by atoms with Crippen molar-refractivity contribution in [1.29, 1.82) is 0 Å². The topological polar surface area (TPSA) is 96.0 Å². The molecule has 0 saturated heterocycles. The molecule has 0 aromatic heterocycles. The molecule has 0 aliphatic heterocycles. The molecule has 1 N–H and O–H groups in total. The minimum Gasteiger partial charge on any atom is -0.495 e. The third-order valence-electron chi connectivity index (χ3n) is 4.93. The van der Waals surface area contributed by atoms with Crippen molar-refractivity contribution in [3.05, 3.63) is 59.1 Å². The van der Waals surface area contributed by atoms with E-state index in [1.165, 1.54) is 12.0 Å². The van der Waals surface area contributed by atoms with Gasteiger partial charge in [0.1, 0.15) is 18.3 Å². The Morgan fingerprint density at radius 1 is 1.06 bits per heavy atom. The molecule has 0 radical (unpaired) electrons. The van der Waals surface area contributed by atoms with Gasteiger partial charge < -0.3 is 15.0 Å². The number of hydrogen-bond acceptors (Lipinski definition) is 5. The highest BCUT2D eigenvalue weighted by molar-refractivity contribution is 7.92. The second-order valence-electron chi connectivity index (χ2n) is 7.89. The van der Waals surface area contributed by atoms with Crippen LogP contribution in [-0.4, -0.2) is 57.1 Å². The molecule has 0 fully saturated rings. The predicted molar refractivity (Wildman–Crippen MR) is 130 cm³/mol. The number of para-hydroxylation sites is 2. The first kappa shape index (κ1) is 26.5. The SMILES string of the molecule is COc1ccccc1N(CC(=O)N(Cc1ccccc1Cl)C(C)C(=O)NC(C)C)S(C)(=O)=O. The van der Waals surface area contributed by atoms with Crippen LogP contribution < -0.4 is 14.4 Å². The van der Waals surface area contributed by atoms with Gasteiger partial charge in [0.2, 0.25) is 21.8 Å². The summed E-state index contributed by atoms with van der Waals surface area (Å²) in [4.78, 5) is 27.5. The van der Waals surface area contributed by atoms with Crippen LogP contribution in [0.25, 0.3) is 0 Å². The van der Waals surface area contributed by atoms with Gasteiger partial charge in [-0.15, -0.1) is 0 Å². The van der Waals surface area contributed by atoms with E-state index < -0.39 is 28.5 Å². The standard InChI is InChI=1S/C23H30ClN3O5S/c1-16(2)25-23(29)17(3)26(14-18-10-6-7-11-19(18)24)22(28)15-27(33(5,30)31)20-12-8-9-13-21(20)32-4/h6-13,16-17H,14-15H2,1-5H3,(H,25,29). The highest BCUT2D eigenvalue weighted by Crippen LogP contribution is 2.30. The van der Waals surface area contributed by atoms with E-state index in [9.17, 15) is 18.0 Å². The number of anilines is 1. The van der Waals surface area contributed by atoms with Crippen LogP contribution in [0, 0.1) is 0 Å². The zero-order valence-corrected chi connectivity index (χ0v) is 21.0. The molecule has 2 aromatic rings. The fraction of sp³-hybridized carbons (Fsp3) is 0.391. The first-order chi connectivity index (χ1) is 15.5. The van der Waals surface area contributed by atoms with Gasteiger partial charge in [0.25, 0.3) is 0 Å². The number of carbonyl (C=O) groups is 2. The average molecular weight is 496 g/mol. The summed E-state index contributed by atoms with van der Waals surface area (Å²) in [6.45, 7) is 4.76. The minimum atomic E-state index is -3.85. The van der Waals surface area contributed by atoms with Gasteiger partial charge in [-0.3, -0.25) is 13.9 Å². The number of nitrogens with one attached hydrogen (secondary N) is 1. The molecule has 1 atom stereocenters. The number of halogens is 1. The van der Waals surface area contributed by atoms with E-state index in [0.29, 0.717) is 16.3 Å². The first-order valence-corrected chi connectivity index (χ1v) is 12.6. The molecule has 0 aliphatic rings. The monoisotopic (exact) mass is 495 g/mol. The van der Waals surface area contributed by atoms with E-state index in [2.05, 4.69) is 5.32 Å². The van der Waals surface area contributed by atoms with E-state index in [1.807, 2.05) is 13.8 Å². The van der Waals surface area contributed by atoms with Crippen LogP contribution in [0.1, 0.15) is 26.3 Å². The summed E-state index contributed by atoms with van der Waals surface area (Å²) in [6.07, 6.45) is 1.01. The van der Waals surface area contributed by atoms with Gasteiger partial charge >= 0.3 is 0 Å². The van der Waals surface area contributed by atoms with Gasteiger partial charge in [0, 0.05) is 17.6 Å². The zero-order valence-electron chi connectivity index (χ0n) is 19.4. The molecule has 8 nitrogen and oxygen atoms in total. The number of sulfonamides is 1. The van der Waals surface area contributed by atoms with Crippen molar-refractivity contribution in [3.63, 3.8) is 0 Å². The molecule has 1 unspecified atom stereocenters. The first-order valence-electron chi connectivity index (χ1n) is 10.4. The molecule has 2 amide bonds. The van der Waals surface area contributed by atoms with Crippen LogP contribution in [0.5, 0.6) is 5.75 Å². The smallest absolute Gasteiger partial charge is 0.244 e. The number of benzene rings is 2. The summed E-state index contributed by atoms with van der Waals surface area (Å²) in [7, 11) is -2.43. The second-order valence-corrected chi connectivity index (χ2v) is 10.2. The maximum atomic E-state index is 13.5. The van der Waals surface area contributed by atoms with E-state index in [-0.39, 0.29) is 24.2 Å². The van der Waals surface area contributed by atoms with Gasteiger partial charge in [0.05, 0.1) is 19.1 Å². The van der Waals surface area contributed by atoms with Crippen molar-refractivity contribution in [2.45, 2.75) is 39.4 Å². The largest absolute Gasteiger partial charge is 0.495 e. The molecule has 0 saturated carbocycles. The number of rotatable bonds is 10. The summed E-state index contributed by atoms with van der Waals surface area (Å²) in [5, 5.41) is 3.24. The van der Waals surface area contributed by atoms with Gasteiger partial charge in [-0.2, -0.15) is 0 Å². The molecule has 0 bridgehead atoms. The normalized spacial score (nSPS) is 12.2. The summed E-state index contributed by atoms with van der Waals surface area (Å²) in [5.41, 5.74) is 0.868. The van der Waals surface area contributed by atoms with Gasteiger partial charge in [0.15, 0.2) is 0 Å². The maximum absolute atomic E-state index is 13.5. The summed E-state index contributed by atoms with van der Waals surface area (Å²) in [6, 6.07) is 12.5. The van der Waals surface area contributed by atoms with Crippen molar-refractivity contribution in [1.82, 2.24) is 10.2 Å². The van der Waals surface area contributed by atoms with Gasteiger partial charge in [-0.05, 0) is 44.5 Å². The molecular formula is C23H30ClN3O5S. The average Bonchev–Trinajstić information content (AvgIpc) is 2.75. The lowest BCUT2D eigenvalue weighted by molar-refractivity contribution is -0.139. The lowest BCUT2D eigenvalue weighted by atomic mass is 10.1. The van der Waals surface area contributed by atoms with Crippen molar-refractivity contribution in [2.24, 2.45) is 0 Å². The zero-order chi connectivity index (χ0) is 24.8. The molecular weight excluding hydrogens is 466 g/mol. The van der Waals surface area contributed by atoms with Crippen molar-refractivity contribution >= 4 is 39.1 Å². The van der Waals surface area contributed by atoms with Crippen LogP contribution in [0.15, 0.2) is 48.5 Å². The number of carbonyl (C=O) groups excluding carboxylic acids is 2. The van der Waals surface area contributed by atoms with Crippen LogP contribution >= 0.6 is 11.6 Å². The fourth-order valence-corrected chi connectivity index (χ4v) is 4.28. The lowest BCUT2D eigenvalue weighted by Crippen LogP contribution is -2.52. The Morgan fingerprint density at radius 2 is 1.67 bits per heavy atom. The third-order valence-corrected chi connectivity index (χ3v) is 6.43. The molecule has 180 valence electrons. The third kappa shape index (κ3) is 7.10. The fourth-order valence-electron chi connectivity index (χ4n) is 3.23. The van der Waals surface area contributed by atoms with Crippen LogP contribution in [0.2, 0.25) is 5.02 Å². The van der Waals surface area contributed by atoms with E-state index in [0.717, 1.165) is 10.6 Å². The number of ether oxygens (including phenoxy) is 1. The molecule has 10 heteroatoms. The van der Waals surface area contributed by atoms with E-state index in [4.69, 9.17) is 16.3 Å². The molecule has 33 heavy (non-hydrogen) atoms. The van der Waals surface area contributed by atoms with Crippen molar-refractivity contribution < 1.29 is 22.7 Å². The Balaban J connectivity index is 2.44. The van der Waals surface area contributed by atoms with E-state index in [1.54, 1.807) is 55.5 Å². The molecule has 0 spiro atoms. The highest BCUT2D eigenvalue weighted by Gasteiger charge is 2.31. The Bertz CT molecular complexity index is 1090. The van der Waals surface area contributed by atoms with E-state index >= 15 is 0 Å². The van der Waals surface area contributed by atoms with Crippen LogP contribution in [0.4, 0.5) is 5.69 Å². The molecule has 0 aliphatic carbocycles. The Morgan fingerprint density at radius 3 is 2.24 bits per heavy atom. The summed E-state index contributed by atoms with van der Waals surface area (Å²) in [5.74, 6) is -0.606. The second kappa shape index (κ2) is 11.4. The number of nitrogens with zero attached hydrogens (tertiary/aromatic N) is 2.